The van der Waals surface area contributed by atoms with Crippen LogP contribution in [0.1, 0.15) is 32.7 Å². The molecule has 2 aromatic rings. The summed E-state index contributed by atoms with van der Waals surface area (Å²) in [5.41, 5.74) is 1.87. The van der Waals surface area contributed by atoms with Crippen molar-refractivity contribution in [2.75, 3.05) is 18.9 Å². The molecule has 0 aliphatic rings. The van der Waals surface area contributed by atoms with Crippen LogP contribution in [0.25, 0.3) is 10.2 Å². The van der Waals surface area contributed by atoms with Crippen molar-refractivity contribution in [2.45, 2.75) is 33.1 Å². The number of aromatic nitrogens is 1. The first-order valence-electron chi connectivity index (χ1n) is 7.18. The predicted octanol–water partition coefficient (Wildman–Crippen LogP) is 3.81. The average molecular weight is 342 g/mol. The summed E-state index contributed by atoms with van der Waals surface area (Å²) in [4.78, 5) is 16.7. The SMILES string of the molecule is CNCC(C)C(=O)Nc1ccc2nc(C(C)(C)C)sc2c1.Cl. The van der Waals surface area contributed by atoms with E-state index in [1.807, 2.05) is 32.2 Å². The van der Waals surface area contributed by atoms with Crippen LogP contribution in [0.4, 0.5) is 5.69 Å². The van der Waals surface area contributed by atoms with Gasteiger partial charge in [-0.1, -0.05) is 27.7 Å². The van der Waals surface area contributed by atoms with Crippen LogP contribution >= 0.6 is 23.7 Å². The highest BCUT2D eigenvalue weighted by Crippen LogP contribution is 2.32. The van der Waals surface area contributed by atoms with Crippen LogP contribution in [0.5, 0.6) is 0 Å². The molecular weight excluding hydrogens is 318 g/mol. The van der Waals surface area contributed by atoms with Gasteiger partial charge in [0, 0.05) is 23.6 Å². The van der Waals surface area contributed by atoms with E-state index in [0.717, 1.165) is 20.9 Å². The maximum absolute atomic E-state index is 12.0. The highest BCUT2D eigenvalue weighted by molar-refractivity contribution is 7.18. The summed E-state index contributed by atoms with van der Waals surface area (Å²) in [6, 6.07) is 5.89. The molecule has 22 heavy (non-hydrogen) atoms. The Morgan fingerprint density at radius 1 is 1.36 bits per heavy atom. The molecule has 0 saturated carbocycles. The summed E-state index contributed by atoms with van der Waals surface area (Å²) in [6.07, 6.45) is 0. The van der Waals surface area contributed by atoms with Crippen molar-refractivity contribution in [2.24, 2.45) is 5.92 Å². The molecule has 2 N–H and O–H groups in total. The highest BCUT2D eigenvalue weighted by atomic mass is 35.5. The number of halogens is 1. The molecule has 1 unspecified atom stereocenters. The number of nitrogens with one attached hydrogen (secondary N) is 2. The molecule has 1 amide bonds. The van der Waals surface area contributed by atoms with Crippen molar-refractivity contribution >= 4 is 45.6 Å². The van der Waals surface area contributed by atoms with Gasteiger partial charge in [-0.05, 0) is 25.2 Å². The maximum Gasteiger partial charge on any atom is 0.228 e. The molecule has 4 nitrogen and oxygen atoms in total. The third-order valence-electron chi connectivity index (χ3n) is 3.26. The average Bonchev–Trinajstić information content (AvgIpc) is 2.82. The number of hydrogen-bond donors (Lipinski definition) is 2. The minimum Gasteiger partial charge on any atom is -0.326 e. The van der Waals surface area contributed by atoms with E-state index in [1.54, 1.807) is 11.3 Å². The van der Waals surface area contributed by atoms with Gasteiger partial charge in [0.15, 0.2) is 0 Å². The fourth-order valence-electron chi connectivity index (χ4n) is 1.99. The number of amides is 1. The van der Waals surface area contributed by atoms with E-state index in [4.69, 9.17) is 0 Å². The predicted molar refractivity (Wildman–Crippen MR) is 97.3 cm³/mol. The van der Waals surface area contributed by atoms with Crippen molar-refractivity contribution in [3.05, 3.63) is 23.2 Å². The van der Waals surface area contributed by atoms with Crippen LogP contribution in [-0.2, 0) is 10.2 Å². The summed E-state index contributed by atoms with van der Waals surface area (Å²) in [6.45, 7) is 9.06. The standard InChI is InChI=1S/C16H23N3OS.ClH/c1-10(9-17-5)14(20)18-11-6-7-12-13(8-11)21-15(19-12)16(2,3)4;/h6-8,10,17H,9H2,1-5H3,(H,18,20);1H. The van der Waals surface area contributed by atoms with E-state index >= 15 is 0 Å². The van der Waals surface area contributed by atoms with Crippen molar-refractivity contribution in [1.29, 1.82) is 0 Å². The number of thiazole rings is 1. The van der Waals surface area contributed by atoms with Crippen LogP contribution in [0.2, 0.25) is 0 Å². The Labute approximate surface area is 142 Å². The van der Waals surface area contributed by atoms with Crippen molar-refractivity contribution in [1.82, 2.24) is 10.3 Å². The number of carbonyl (C=O) groups excluding carboxylic acids is 1. The van der Waals surface area contributed by atoms with Gasteiger partial charge in [0.25, 0.3) is 0 Å². The van der Waals surface area contributed by atoms with E-state index in [2.05, 4.69) is 36.4 Å². The molecule has 1 heterocycles. The number of benzene rings is 1. The van der Waals surface area contributed by atoms with Gasteiger partial charge < -0.3 is 10.6 Å². The molecule has 0 aliphatic carbocycles. The molecule has 122 valence electrons. The van der Waals surface area contributed by atoms with Crippen LogP contribution in [0.15, 0.2) is 18.2 Å². The molecule has 0 radical (unpaired) electrons. The topological polar surface area (TPSA) is 54.0 Å². The molecule has 2 rings (SSSR count). The molecule has 1 atom stereocenters. The van der Waals surface area contributed by atoms with Gasteiger partial charge in [0.05, 0.1) is 15.2 Å². The smallest absolute Gasteiger partial charge is 0.228 e. The number of carbonyl (C=O) groups is 1. The van der Waals surface area contributed by atoms with Gasteiger partial charge in [-0.15, -0.1) is 23.7 Å². The number of anilines is 1. The number of nitrogens with zero attached hydrogens (tertiary/aromatic N) is 1. The lowest BCUT2D eigenvalue weighted by atomic mass is 9.98. The zero-order valence-corrected chi connectivity index (χ0v) is 15.3. The minimum absolute atomic E-state index is 0. The largest absolute Gasteiger partial charge is 0.326 e. The third-order valence-corrected chi connectivity index (χ3v) is 4.70. The maximum atomic E-state index is 12.0. The number of fused-ring (bicyclic) bond motifs is 1. The highest BCUT2D eigenvalue weighted by Gasteiger charge is 2.19. The van der Waals surface area contributed by atoms with Crippen LogP contribution in [0, 0.1) is 5.92 Å². The van der Waals surface area contributed by atoms with Crippen LogP contribution < -0.4 is 10.6 Å². The molecule has 0 bridgehead atoms. The molecule has 0 saturated heterocycles. The normalized spacial score (nSPS) is 12.8. The molecule has 1 aromatic carbocycles. The third kappa shape index (κ3) is 4.41. The van der Waals surface area contributed by atoms with Gasteiger partial charge in [-0.2, -0.15) is 0 Å². The van der Waals surface area contributed by atoms with Gasteiger partial charge >= 0.3 is 0 Å². The second kappa shape index (κ2) is 7.40. The van der Waals surface area contributed by atoms with Crippen LogP contribution in [0.3, 0.4) is 0 Å². The Hall–Kier alpha value is -1.17. The fraction of sp³-hybridized carbons (Fsp3) is 0.500. The Morgan fingerprint density at radius 2 is 2.05 bits per heavy atom. The molecule has 0 fully saturated rings. The summed E-state index contributed by atoms with van der Waals surface area (Å²) in [7, 11) is 1.85. The zero-order valence-electron chi connectivity index (χ0n) is 13.7. The number of rotatable bonds is 4. The van der Waals surface area contributed by atoms with E-state index in [-0.39, 0.29) is 29.6 Å². The lowest BCUT2D eigenvalue weighted by Crippen LogP contribution is -2.28. The Morgan fingerprint density at radius 3 is 2.64 bits per heavy atom. The van der Waals surface area contributed by atoms with E-state index in [1.165, 1.54) is 0 Å². The molecule has 6 heteroatoms. The van der Waals surface area contributed by atoms with Gasteiger partial charge in [0.2, 0.25) is 5.91 Å². The van der Waals surface area contributed by atoms with E-state index in [9.17, 15) is 4.79 Å². The number of hydrogen-bond acceptors (Lipinski definition) is 4. The van der Waals surface area contributed by atoms with Gasteiger partial charge in [-0.3, -0.25) is 4.79 Å². The lowest BCUT2D eigenvalue weighted by Gasteiger charge is -2.13. The molecule has 1 aromatic heterocycles. The summed E-state index contributed by atoms with van der Waals surface area (Å²) < 4.78 is 1.11. The molecule has 0 aliphatic heterocycles. The van der Waals surface area contributed by atoms with E-state index < -0.39 is 0 Å². The van der Waals surface area contributed by atoms with Crippen LogP contribution in [-0.4, -0.2) is 24.5 Å². The fourth-order valence-corrected chi connectivity index (χ4v) is 3.05. The van der Waals surface area contributed by atoms with Crippen molar-refractivity contribution in [3.63, 3.8) is 0 Å². The van der Waals surface area contributed by atoms with Gasteiger partial charge in [-0.25, -0.2) is 4.98 Å². The minimum atomic E-state index is -0.0581. The summed E-state index contributed by atoms with van der Waals surface area (Å²) >= 11 is 1.69. The Bertz CT molecular complexity index is 648. The zero-order chi connectivity index (χ0) is 15.6. The Kier molecular flexibility index (Phi) is 6.35. The summed E-state index contributed by atoms with van der Waals surface area (Å²) in [5.74, 6) is -0.0263. The summed E-state index contributed by atoms with van der Waals surface area (Å²) in [5, 5.41) is 7.10. The first kappa shape index (κ1) is 18.9. The first-order valence-corrected chi connectivity index (χ1v) is 7.99. The monoisotopic (exact) mass is 341 g/mol. The quantitative estimate of drug-likeness (QED) is 0.889. The van der Waals surface area contributed by atoms with Crippen molar-refractivity contribution in [3.8, 4) is 0 Å². The van der Waals surface area contributed by atoms with Gasteiger partial charge in [0.1, 0.15) is 0 Å². The molecular formula is C16H24ClN3OS. The first-order chi connectivity index (χ1) is 9.81. The molecule has 0 spiro atoms. The van der Waals surface area contributed by atoms with E-state index in [0.29, 0.717) is 6.54 Å². The lowest BCUT2D eigenvalue weighted by molar-refractivity contribution is -0.119. The second-order valence-corrected chi connectivity index (χ2v) is 7.43. The second-order valence-electron chi connectivity index (χ2n) is 6.40. The van der Waals surface area contributed by atoms with Crippen molar-refractivity contribution < 1.29 is 4.79 Å². The Balaban J connectivity index is 0.00000242.